The number of rotatable bonds is 7. The van der Waals surface area contributed by atoms with E-state index in [1.807, 2.05) is 18.2 Å². The second-order valence-corrected chi connectivity index (χ2v) is 6.53. The lowest BCUT2D eigenvalue weighted by atomic mass is 10.2. The Hall–Kier alpha value is -2.38. The van der Waals surface area contributed by atoms with Crippen LogP contribution in [-0.4, -0.2) is 26.8 Å². The SMILES string of the molecule is O=C(CCSc1nnc(-c2ccncc2)o1)NCc1ccccc1Cl. The van der Waals surface area contributed by atoms with E-state index in [0.29, 0.717) is 34.9 Å². The summed E-state index contributed by atoms with van der Waals surface area (Å²) >= 11 is 7.40. The first-order valence-electron chi connectivity index (χ1n) is 7.59. The van der Waals surface area contributed by atoms with Crippen LogP contribution in [0.5, 0.6) is 0 Å². The van der Waals surface area contributed by atoms with Gasteiger partial charge in [0.05, 0.1) is 0 Å². The van der Waals surface area contributed by atoms with Crippen molar-refractivity contribution < 1.29 is 9.21 Å². The lowest BCUT2D eigenvalue weighted by molar-refractivity contribution is -0.120. The third-order valence-corrected chi connectivity index (χ3v) is 4.51. The molecule has 0 atom stereocenters. The molecule has 0 saturated carbocycles. The average molecular weight is 375 g/mol. The minimum absolute atomic E-state index is 0.0544. The second-order valence-electron chi connectivity index (χ2n) is 5.08. The first-order valence-corrected chi connectivity index (χ1v) is 8.95. The summed E-state index contributed by atoms with van der Waals surface area (Å²) in [6, 6.07) is 11.0. The van der Waals surface area contributed by atoms with E-state index in [4.69, 9.17) is 16.0 Å². The van der Waals surface area contributed by atoms with Crippen LogP contribution in [0.4, 0.5) is 0 Å². The zero-order valence-corrected chi connectivity index (χ0v) is 14.8. The number of nitrogens with zero attached hydrogens (tertiary/aromatic N) is 3. The van der Waals surface area contributed by atoms with Gasteiger partial charge in [-0.25, -0.2) is 0 Å². The average Bonchev–Trinajstić information content (AvgIpc) is 3.11. The van der Waals surface area contributed by atoms with Crippen LogP contribution in [0.15, 0.2) is 58.4 Å². The summed E-state index contributed by atoms with van der Waals surface area (Å²) in [7, 11) is 0. The van der Waals surface area contributed by atoms with Crippen molar-refractivity contribution in [2.75, 3.05) is 5.75 Å². The Morgan fingerprint density at radius 3 is 2.76 bits per heavy atom. The van der Waals surface area contributed by atoms with Crippen LogP contribution in [-0.2, 0) is 11.3 Å². The Labute approximate surface area is 154 Å². The molecule has 0 spiro atoms. The monoisotopic (exact) mass is 374 g/mol. The second kappa shape index (κ2) is 8.64. The number of carbonyl (C=O) groups excluding carboxylic acids is 1. The summed E-state index contributed by atoms with van der Waals surface area (Å²) in [6.07, 6.45) is 3.67. The van der Waals surface area contributed by atoms with Crippen LogP contribution in [0, 0.1) is 0 Å². The van der Waals surface area contributed by atoms with Gasteiger partial charge in [0, 0.05) is 41.7 Å². The molecule has 2 heterocycles. The molecule has 128 valence electrons. The molecule has 0 aliphatic carbocycles. The lowest BCUT2D eigenvalue weighted by Crippen LogP contribution is -2.23. The molecule has 0 saturated heterocycles. The van der Waals surface area contributed by atoms with Gasteiger partial charge in [-0.05, 0) is 23.8 Å². The molecule has 0 unspecified atom stereocenters. The van der Waals surface area contributed by atoms with Crippen molar-refractivity contribution in [1.82, 2.24) is 20.5 Å². The van der Waals surface area contributed by atoms with Crippen LogP contribution in [0.2, 0.25) is 5.02 Å². The minimum atomic E-state index is -0.0544. The van der Waals surface area contributed by atoms with Gasteiger partial charge in [-0.15, -0.1) is 10.2 Å². The fourth-order valence-corrected chi connectivity index (χ4v) is 2.94. The highest BCUT2D eigenvalue weighted by Gasteiger charge is 2.10. The van der Waals surface area contributed by atoms with Gasteiger partial charge in [0.25, 0.3) is 5.22 Å². The molecule has 8 heteroatoms. The highest BCUT2D eigenvalue weighted by atomic mass is 35.5. The Kier molecular flexibility index (Phi) is 6.03. The van der Waals surface area contributed by atoms with Crippen LogP contribution >= 0.6 is 23.4 Å². The summed E-state index contributed by atoms with van der Waals surface area (Å²) in [5.41, 5.74) is 1.70. The number of aromatic nitrogens is 3. The number of pyridine rings is 1. The van der Waals surface area contributed by atoms with Crippen molar-refractivity contribution in [2.24, 2.45) is 0 Å². The van der Waals surface area contributed by atoms with Crippen molar-refractivity contribution in [3.05, 3.63) is 59.4 Å². The first kappa shape index (κ1) is 17.4. The quantitative estimate of drug-likeness (QED) is 0.636. The highest BCUT2D eigenvalue weighted by Crippen LogP contribution is 2.23. The van der Waals surface area contributed by atoms with Gasteiger partial charge in [0.1, 0.15) is 0 Å². The molecule has 0 aliphatic heterocycles. The molecule has 0 fully saturated rings. The molecule has 1 amide bonds. The van der Waals surface area contributed by atoms with Crippen LogP contribution in [0.25, 0.3) is 11.5 Å². The molecule has 2 aromatic heterocycles. The van der Waals surface area contributed by atoms with Crippen LogP contribution in [0.1, 0.15) is 12.0 Å². The molecule has 3 rings (SSSR count). The van der Waals surface area contributed by atoms with Crippen molar-refractivity contribution in [3.63, 3.8) is 0 Å². The predicted octanol–water partition coefficient (Wildman–Crippen LogP) is 3.58. The number of halogens is 1. The van der Waals surface area contributed by atoms with E-state index in [-0.39, 0.29) is 5.91 Å². The van der Waals surface area contributed by atoms with Gasteiger partial charge in [-0.3, -0.25) is 9.78 Å². The molecular formula is C17H15ClN4O2S. The van der Waals surface area contributed by atoms with Crippen molar-refractivity contribution in [2.45, 2.75) is 18.2 Å². The Morgan fingerprint density at radius 2 is 1.96 bits per heavy atom. The third kappa shape index (κ3) is 5.04. The van der Waals surface area contributed by atoms with E-state index in [1.54, 1.807) is 30.6 Å². The minimum Gasteiger partial charge on any atom is -0.411 e. The maximum absolute atomic E-state index is 11.9. The summed E-state index contributed by atoms with van der Waals surface area (Å²) in [4.78, 5) is 15.8. The number of carbonyl (C=O) groups is 1. The number of hydrogen-bond donors (Lipinski definition) is 1. The molecule has 3 aromatic rings. The van der Waals surface area contributed by atoms with Crippen molar-refractivity contribution >= 4 is 29.3 Å². The van der Waals surface area contributed by atoms with Crippen molar-refractivity contribution in [3.8, 4) is 11.5 Å². The van der Waals surface area contributed by atoms with Gasteiger partial charge in [0.2, 0.25) is 11.8 Å². The van der Waals surface area contributed by atoms with Gasteiger partial charge in [-0.1, -0.05) is 41.6 Å². The van der Waals surface area contributed by atoms with Gasteiger partial charge < -0.3 is 9.73 Å². The maximum atomic E-state index is 11.9. The number of nitrogens with one attached hydrogen (secondary N) is 1. The summed E-state index contributed by atoms with van der Waals surface area (Å²) < 4.78 is 5.56. The number of benzene rings is 1. The standard InChI is InChI=1S/C17H15ClN4O2S/c18-14-4-2-1-3-13(14)11-20-15(23)7-10-25-17-22-21-16(24-17)12-5-8-19-9-6-12/h1-6,8-9H,7,10-11H2,(H,20,23). The van der Waals surface area contributed by atoms with E-state index >= 15 is 0 Å². The largest absolute Gasteiger partial charge is 0.411 e. The topological polar surface area (TPSA) is 80.9 Å². The number of amides is 1. The zero-order chi connectivity index (χ0) is 17.5. The Bertz CT molecular complexity index is 841. The number of thioether (sulfide) groups is 1. The zero-order valence-electron chi connectivity index (χ0n) is 13.2. The number of hydrogen-bond acceptors (Lipinski definition) is 6. The molecule has 6 nitrogen and oxygen atoms in total. The van der Waals surface area contributed by atoms with Crippen molar-refractivity contribution in [1.29, 1.82) is 0 Å². The smallest absolute Gasteiger partial charge is 0.276 e. The lowest BCUT2D eigenvalue weighted by Gasteiger charge is -2.06. The van der Waals surface area contributed by atoms with Gasteiger partial charge >= 0.3 is 0 Å². The van der Waals surface area contributed by atoms with Gasteiger partial charge in [-0.2, -0.15) is 0 Å². The predicted molar refractivity (Wildman–Crippen MR) is 96.2 cm³/mol. The molecule has 0 aliphatic rings. The van der Waals surface area contributed by atoms with E-state index in [2.05, 4.69) is 20.5 Å². The highest BCUT2D eigenvalue weighted by molar-refractivity contribution is 7.99. The normalized spacial score (nSPS) is 10.6. The molecule has 25 heavy (non-hydrogen) atoms. The molecule has 1 N–H and O–H groups in total. The van der Waals surface area contributed by atoms with Crippen LogP contribution in [0.3, 0.4) is 0 Å². The fourth-order valence-electron chi connectivity index (χ4n) is 2.03. The third-order valence-electron chi connectivity index (χ3n) is 3.32. The maximum Gasteiger partial charge on any atom is 0.276 e. The Balaban J connectivity index is 1.43. The summed E-state index contributed by atoms with van der Waals surface area (Å²) in [5, 5.41) is 11.9. The van der Waals surface area contributed by atoms with E-state index in [9.17, 15) is 4.79 Å². The fraction of sp³-hybridized carbons (Fsp3) is 0.176. The van der Waals surface area contributed by atoms with Crippen LogP contribution < -0.4 is 5.32 Å². The van der Waals surface area contributed by atoms with E-state index < -0.39 is 0 Å². The van der Waals surface area contributed by atoms with Gasteiger partial charge in [0.15, 0.2) is 0 Å². The van der Waals surface area contributed by atoms with E-state index in [0.717, 1.165) is 11.1 Å². The molecule has 0 bridgehead atoms. The summed E-state index contributed by atoms with van der Waals surface area (Å²) in [6.45, 7) is 0.413. The first-order chi connectivity index (χ1) is 12.2. The molecule has 1 aromatic carbocycles. The Morgan fingerprint density at radius 1 is 1.16 bits per heavy atom. The molecule has 0 radical (unpaired) electrons. The van der Waals surface area contributed by atoms with E-state index in [1.165, 1.54) is 11.8 Å². The molecular weight excluding hydrogens is 360 g/mol. The summed E-state index contributed by atoms with van der Waals surface area (Å²) in [5.74, 6) is 0.932.